The molecule has 0 unspecified atom stereocenters. The number of amides is 1. The number of hydrogen-bond acceptors (Lipinski definition) is 3. The van der Waals surface area contributed by atoms with E-state index >= 15 is 0 Å². The summed E-state index contributed by atoms with van der Waals surface area (Å²) in [6.45, 7) is 11.2. The van der Waals surface area contributed by atoms with Crippen LogP contribution < -0.4 is 5.56 Å². The molecular formula is C21H29N3O2. The highest BCUT2D eigenvalue weighted by Gasteiger charge is 2.24. The summed E-state index contributed by atoms with van der Waals surface area (Å²) in [5, 5.41) is 1.00. The van der Waals surface area contributed by atoms with Crippen molar-refractivity contribution in [3.63, 3.8) is 0 Å². The predicted molar refractivity (Wildman–Crippen MR) is 105 cm³/mol. The maximum absolute atomic E-state index is 12.5. The molecule has 0 spiro atoms. The van der Waals surface area contributed by atoms with Crippen LogP contribution in [0.15, 0.2) is 35.1 Å². The molecule has 1 N–H and O–H groups in total. The molecule has 3 rings (SSSR count). The van der Waals surface area contributed by atoms with Crippen LogP contribution in [0.3, 0.4) is 0 Å². The van der Waals surface area contributed by atoms with Crippen LogP contribution in [0.4, 0.5) is 0 Å². The number of hydrogen-bond donors (Lipinski definition) is 1. The van der Waals surface area contributed by atoms with E-state index in [9.17, 15) is 9.59 Å². The van der Waals surface area contributed by atoms with Crippen LogP contribution in [-0.4, -0.2) is 53.4 Å². The second-order valence-corrected chi connectivity index (χ2v) is 8.43. The molecular weight excluding hydrogens is 326 g/mol. The molecule has 5 heteroatoms. The van der Waals surface area contributed by atoms with Gasteiger partial charge in [-0.05, 0) is 29.4 Å². The molecule has 2 aromatic rings. The van der Waals surface area contributed by atoms with Gasteiger partial charge in [0, 0.05) is 50.2 Å². The minimum absolute atomic E-state index is 0.0912. The average Bonchev–Trinajstić information content (AvgIpc) is 2.59. The number of carbonyl (C=O) groups excluding carboxylic acids is 1. The second-order valence-electron chi connectivity index (χ2n) is 8.43. The lowest BCUT2D eigenvalue weighted by Gasteiger charge is -2.37. The number of carbonyl (C=O) groups is 1. The first-order chi connectivity index (χ1) is 12.3. The average molecular weight is 355 g/mol. The number of H-pyrrole nitrogens is 1. The van der Waals surface area contributed by atoms with E-state index in [0.717, 1.165) is 43.6 Å². The van der Waals surface area contributed by atoms with Crippen LogP contribution >= 0.6 is 0 Å². The Morgan fingerprint density at radius 2 is 1.81 bits per heavy atom. The molecule has 1 aliphatic heterocycles. The number of pyridine rings is 1. The molecule has 1 fully saturated rings. The topological polar surface area (TPSA) is 56.4 Å². The van der Waals surface area contributed by atoms with Crippen LogP contribution in [0, 0.1) is 5.41 Å². The van der Waals surface area contributed by atoms with E-state index in [0.29, 0.717) is 18.4 Å². The number of aryl methyl sites for hydroxylation is 1. The number of benzene rings is 1. The lowest BCUT2D eigenvalue weighted by Crippen LogP contribution is -2.50. The maximum atomic E-state index is 12.5. The Morgan fingerprint density at radius 3 is 2.50 bits per heavy atom. The molecule has 1 aliphatic rings. The third-order valence-corrected chi connectivity index (χ3v) is 4.86. The maximum Gasteiger partial charge on any atom is 0.251 e. The van der Waals surface area contributed by atoms with E-state index < -0.39 is 0 Å². The molecule has 1 saturated heterocycles. The van der Waals surface area contributed by atoms with Gasteiger partial charge < -0.3 is 9.88 Å². The van der Waals surface area contributed by atoms with Gasteiger partial charge in [0.15, 0.2) is 0 Å². The van der Waals surface area contributed by atoms with Gasteiger partial charge in [-0.15, -0.1) is 0 Å². The van der Waals surface area contributed by atoms with Crippen LogP contribution in [-0.2, 0) is 11.2 Å². The van der Waals surface area contributed by atoms with E-state index in [-0.39, 0.29) is 16.9 Å². The molecule has 5 nitrogen and oxygen atoms in total. The van der Waals surface area contributed by atoms with Crippen LogP contribution in [0.5, 0.6) is 0 Å². The van der Waals surface area contributed by atoms with Gasteiger partial charge in [0.05, 0.1) is 0 Å². The number of aromatic nitrogens is 1. The Bertz CT molecular complexity index is 827. The van der Waals surface area contributed by atoms with Crippen molar-refractivity contribution in [2.75, 3.05) is 32.7 Å². The van der Waals surface area contributed by atoms with Crippen molar-refractivity contribution in [3.05, 3.63) is 46.2 Å². The fourth-order valence-corrected chi connectivity index (χ4v) is 3.60. The first-order valence-corrected chi connectivity index (χ1v) is 9.43. The minimum atomic E-state index is -0.0912. The molecule has 0 bridgehead atoms. The largest absolute Gasteiger partial charge is 0.340 e. The Labute approximate surface area is 155 Å². The molecule has 140 valence electrons. The van der Waals surface area contributed by atoms with Crippen molar-refractivity contribution in [1.29, 1.82) is 0 Å². The SMILES string of the molecule is CC(C)(C)CN1CCN(C(=O)CCc2cc3ccccc3[nH]c2=O)CC1. The lowest BCUT2D eigenvalue weighted by atomic mass is 9.96. The molecule has 0 atom stereocenters. The second kappa shape index (κ2) is 7.62. The third-order valence-electron chi connectivity index (χ3n) is 4.86. The zero-order valence-electron chi connectivity index (χ0n) is 16.0. The number of nitrogens with zero attached hydrogens (tertiary/aromatic N) is 2. The molecule has 0 saturated carbocycles. The van der Waals surface area contributed by atoms with Gasteiger partial charge >= 0.3 is 0 Å². The summed E-state index contributed by atoms with van der Waals surface area (Å²) in [5.41, 5.74) is 1.71. The van der Waals surface area contributed by atoms with Crippen molar-refractivity contribution in [2.24, 2.45) is 5.41 Å². The van der Waals surface area contributed by atoms with Crippen molar-refractivity contribution >= 4 is 16.8 Å². The molecule has 1 aromatic carbocycles. The first kappa shape index (κ1) is 18.6. The molecule has 0 radical (unpaired) electrons. The summed E-state index contributed by atoms with van der Waals surface area (Å²) in [7, 11) is 0. The summed E-state index contributed by atoms with van der Waals surface area (Å²) in [6.07, 6.45) is 0.877. The van der Waals surface area contributed by atoms with Crippen molar-refractivity contribution in [1.82, 2.24) is 14.8 Å². The number of para-hydroxylation sites is 1. The van der Waals surface area contributed by atoms with Gasteiger partial charge in [-0.25, -0.2) is 0 Å². The fraction of sp³-hybridized carbons (Fsp3) is 0.524. The van der Waals surface area contributed by atoms with E-state index in [1.54, 1.807) is 0 Å². The Kier molecular flexibility index (Phi) is 5.47. The standard InChI is InChI=1S/C21H29N3O2/c1-21(2,3)15-23-10-12-24(13-11-23)19(25)9-8-17-14-16-6-4-5-7-18(16)22-20(17)26/h4-7,14H,8-13,15H2,1-3H3,(H,22,26). The number of rotatable bonds is 4. The summed E-state index contributed by atoms with van der Waals surface area (Å²) in [5.74, 6) is 0.146. The third kappa shape index (κ3) is 4.73. The highest BCUT2D eigenvalue weighted by atomic mass is 16.2. The van der Waals surface area contributed by atoms with Crippen LogP contribution in [0.2, 0.25) is 0 Å². The number of fused-ring (bicyclic) bond motifs is 1. The van der Waals surface area contributed by atoms with Crippen molar-refractivity contribution < 1.29 is 4.79 Å². The zero-order chi connectivity index (χ0) is 18.7. The van der Waals surface area contributed by atoms with E-state index in [2.05, 4.69) is 30.7 Å². The number of aromatic amines is 1. The molecule has 2 heterocycles. The van der Waals surface area contributed by atoms with Crippen molar-refractivity contribution in [2.45, 2.75) is 33.6 Å². The number of nitrogens with one attached hydrogen (secondary N) is 1. The monoisotopic (exact) mass is 355 g/mol. The van der Waals surface area contributed by atoms with Gasteiger partial charge in [-0.2, -0.15) is 0 Å². The quantitative estimate of drug-likeness (QED) is 0.917. The normalized spacial score (nSPS) is 16.2. The van der Waals surface area contributed by atoms with Crippen LogP contribution in [0.1, 0.15) is 32.8 Å². The molecule has 1 aromatic heterocycles. The Hall–Kier alpha value is -2.14. The summed E-state index contributed by atoms with van der Waals surface area (Å²) in [4.78, 5) is 32.0. The van der Waals surface area contributed by atoms with Gasteiger partial charge in [0.25, 0.3) is 5.56 Å². The Balaban J connectivity index is 1.55. The lowest BCUT2D eigenvalue weighted by molar-refractivity contribution is -0.133. The van der Waals surface area contributed by atoms with Crippen LogP contribution in [0.25, 0.3) is 10.9 Å². The van der Waals surface area contributed by atoms with Gasteiger partial charge in [0.1, 0.15) is 0 Å². The summed E-state index contributed by atoms with van der Waals surface area (Å²) in [6, 6.07) is 9.63. The van der Waals surface area contributed by atoms with Crippen molar-refractivity contribution in [3.8, 4) is 0 Å². The molecule has 1 amide bonds. The Morgan fingerprint density at radius 1 is 1.12 bits per heavy atom. The zero-order valence-corrected chi connectivity index (χ0v) is 16.0. The van der Waals surface area contributed by atoms with Gasteiger partial charge in [-0.3, -0.25) is 14.5 Å². The summed E-state index contributed by atoms with van der Waals surface area (Å²) >= 11 is 0. The highest BCUT2D eigenvalue weighted by molar-refractivity contribution is 5.79. The van der Waals surface area contributed by atoms with E-state index in [1.807, 2.05) is 35.2 Å². The summed E-state index contributed by atoms with van der Waals surface area (Å²) < 4.78 is 0. The molecule has 0 aliphatic carbocycles. The highest BCUT2D eigenvalue weighted by Crippen LogP contribution is 2.17. The van der Waals surface area contributed by atoms with E-state index in [1.165, 1.54) is 0 Å². The smallest absolute Gasteiger partial charge is 0.251 e. The number of piperazine rings is 1. The van der Waals surface area contributed by atoms with Gasteiger partial charge in [0.2, 0.25) is 5.91 Å². The minimum Gasteiger partial charge on any atom is -0.340 e. The van der Waals surface area contributed by atoms with E-state index in [4.69, 9.17) is 0 Å². The first-order valence-electron chi connectivity index (χ1n) is 9.43. The molecule has 26 heavy (non-hydrogen) atoms. The predicted octanol–water partition coefficient (Wildman–Crippen LogP) is 2.65. The van der Waals surface area contributed by atoms with Gasteiger partial charge in [-0.1, -0.05) is 39.0 Å². The fourth-order valence-electron chi connectivity index (χ4n) is 3.60.